The maximum Gasteiger partial charge on any atom is 0.472 e. The molecule has 4 unspecified atom stereocenters. The van der Waals surface area contributed by atoms with Gasteiger partial charge in [0.15, 0.2) is 12.2 Å². The summed E-state index contributed by atoms with van der Waals surface area (Å²) >= 11 is 0. The Balaban J connectivity index is 5.21. The maximum atomic E-state index is 13.1. The van der Waals surface area contributed by atoms with Gasteiger partial charge in [0.2, 0.25) is 0 Å². The number of aliphatic hydroxyl groups is 1. The average molecular weight is 1540 g/mol. The normalized spacial score (nSPS) is 14.2. The van der Waals surface area contributed by atoms with Gasteiger partial charge in [0.05, 0.1) is 26.4 Å². The van der Waals surface area contributed by atoms with Gasteiger partial charge in [0.1, 0.15) is 19.3 Å². The van der Waals surface area contributed by atoms with Crippen LogP contribution in [0.1, 0.15) is 447 Å². The second-order valence-electron chi connectivity index (χ2n) is 32.6. The van der Waals surface area contributed by atoms with Crippen molar-refractivity contribution in [2.45, 2.75) is 465 Å². The summed E-state index contributed by atoms with van der Waals surface area (Å²) in [6.45, 7) is 14.3. The number of phosphoric ester groups is 2. The number of hydrogen-bond acceptors (Lipinski definition) is 15. The number of phosphoric acid groups is 2. The molecule has 0 aliphatic carbocycles. The maximum absolute atomic E-state index is 13.1. The minimum atomic E-state index is -4.97. The Hall–Kier alpha value is -1.94. The number of hydrogen-bond donors (Lipinski definition) is 3. The summed E-state index contributed by atoms with van der Waals surface area (Å²) in [4.78, 5) is 73.2. The molecule has 0 spiro atoms. The lowest BCUT2D eigenvalue weighted by Crippen LogP contribution is -2.30. The third-order valence-corrected chi connectivity index (χ3v) is 22.3. The smallest absolute Gasteiger partial charge is 0.462 e. The third-order valence-electron chi connectivity index (χ3n) is 20.4. The SMILES string of the molecule is CCC(C)CCCCCCCCCCCCCCCCCCCCC(=O)O[C@H](COC(=O)CCCCCCCCCC(C)C)COP(=O)(O)OCC(O)COP(=O)(O)OC[C@@H](COC(=O)CCCCCCCCCCCCCCCCC(C)C)OC(=O)CCCCCCCCCCCCCCCC(C)C. The number of rotatable bonds is 83. The average Bonchev–Trinajstić information content (AvgIpc) is 0.903. The molecule has 0 fully saturated rings. The van der Waals surface area contributed by atoms with E-state index in [1.54, 1.807) is 0 Å². The van der Waals surface area contributed by atoms with Gasteiger partial charge in [-0.1, -0.05) is 396 Å². The van der Waals surface area contributed by atoms with Gasteiger partial charge in [-0.25, -0.2) is 9.13 Å². The Morgan fingerprint density at radius 1 is 0.267 bits per heavy atom. The first kappa shape index (κ1) is 103. The highest BCUT2D eigenvalue weighted by atomic mass is 31.2. The zero-order valence-corrected chi connectivity index (χ0v) is 71.2. The van der Waals surface area contributed by atoms with E-state index in [0.717, 1.165) is 114 Å². The molecule has 0 aliphatic rings. The van der Waals surface area contributed by atoms with Gasteiger partial charge in [-0.2, -0.15) is 0 Å². The van der Waals surface area contributed by atoms with Crippen molar-refractivity contribution in [1.29, 1.82) is 0 Å². The first-order chi connectivity index (χ1) is 50.6. The van der Waals surface area contributed by atoms with Crippen molar-refractivity contribution in [3.8, 4) is 0 Å². The van der Waals surface area contributed by atoms with Crippen LogP contribution in [0.5, 0.6) is 0 Å². The third kappa shape index (κ3) is 78.5. The number of carbonyl (C=O) groups excluding carboxylic acids is 4. The van der Waals surface area contributed by atoms with Crippen LogP contribution in [0.4, 0.5) is 0 Å². The Morgan fingerprint density at radius 3 is 0.676 bits per heavy atom. The number of unbranched alkanes of at least 4 members (excludes halogenated alkanes) is 48. The number of carbonyl (C=O) groups is 4. The second-order valence-corrected chi connectivity index (χ2v) is 35.5. The van der Waals surface area contributed by atoms with E-state index in [4.69, 9.17) is 37.0 Å². The molecule has 624 valence electrons. The molecule has 0 bridgehead atoms. The molecule has 0 aromatic heterocycles. The van der Waals surface area contributed by atoms with Gasteiger partial charge in [-0.05, 0) is 49.4 Å². The quantitative estimate of drug-likeness (QED) is 0.0222. The molecular formula is C86H168O17P2. The van der Waals surface area contributed by atoms with E-state index in [0.29, 0.717) is 31.6 Å². The van der Waals surface area contributed by atoms with E-state index in [9.17, 15) is 43.2 Å². The minimum absolute atomic E-state index is 0.107. The van der Waals surface area contributed by atoms with Crippen LogP contribution in [0.3, 0.4) is 0 Å². The molecule has 0 saturated carbocycles. The Kier molecular flexibility index (Phi) is 73.4. The highest BCUT2D eigenvalue weighted by molar-refractivity contribution is 7.47. The van der Waals surface area contributed by atoms with E-state index >= 15 is 0 Å². The molecule has 105 heavy (non-hydrogen) atoms. The first-order valence-electron chi connectivity index (χ1n) is 44.2. The molecule has 0 amide bonds. The molecule has 0 saturated heterocycles. The summed E-state index contributed by atoms with van der Waals surface area (Å²) in [6, 6.07) is 0. The highest BCUT2D eigenvalue weighted by Crippen LogP contribution is 2.45. The Morgan fingerprint density at radius 2 is 0.457 bits per heavy atom. The molecule has 0 aromatic rings. The largest absolute Gasteiger partial charge is 0.472 e. The fraction of sp³-hybridized carbons (Fsp3) is 0.953. The van der Waals surface area contributed by atoms with Crippen molar-refractivity contribution in [3.63, 3.8) is 0 Å². The zero-order chi connectivity index (χ0) is 77.4. The molecule has 19 heteroatoms. The van der Waals surface area contributed by atoms with E-state index < -0.39 is 97.5 Å². The molecular weight excluding hydrogens is 1370 g/mol. The molecule has 3 N–H and O–H groups in total. The van der Waals surface area contributed by atoms with Crippen molar-refractivity contribution in [2.75, 3.05) is 39.6 Å². The molecule has 6 atom stereocenters. The monoisotopic (exact) mass is 1540 g/mol. The van der Waals surface area contributed by atoms with Gasteiger partial charge in [0.25, 0.3) is 0 Å². The van der Waals surface area contributed by atoms with Crippen LogP contribution < -0.4 is 0 Å². The standard InChI is InChI=1S/C86H168O17P2/c1-9-79(8)65-57-49-41-33-27-21-14-12-10-11-13-15-23-29-35-43-52-60-68-86(91)103-82(73-97-84(89)67-59-51-45-37-40-48-56-64-78(6)7)75-101-105(94,95)99-71-80(87)70-98-104(92,93)100-74-81(102-85(90)69-61-53-44-36-30-24-18-20-26-32-39-47-55-63-77(4)5)72-96-83(88)66-58-50-42-34-28-22-17-16-19-25-31-38-46-54-62-76(2)3/h76-82,87H,9-75H2,1-8H3,(H,92,93)(H,94,95)/t79?,80?,81-,82-/m1/s1. The van der Waals surface area contributed by atoms with E-state index in [1.165, 1.54) is 244 Å². The van der Waals surface area contributed by atoms with Gasteiger partial charge in [-0.3, -0.25) is 37.3 Å². The van der Waals surface area contributed by atoms with Crippen molar-refractivity contribution >= 4 is 39.5 Å². The van der Waals surface area contributed by atoms with Crippen LogP contribution in [-0.4, -0.2) is 96.7 Å². The Labute approximate surface area is 645 Å². The van der Waals surface area contributed by atoms with Gasteiger partial charge < -0.3 is 33.8 Å². The molecule has 0 rings (SSSR count). The van der Waals surface area contributed by atoms with Crippen LogP contribution in [0.25, 0.3) is 0 Å². The zero-order valence-electron chi connectivity index (χ0n) is 69.4. The minimum Gasteiger partial charge on any atom is -0.462 e. The van der Waals surface area contributed by atoms with Gasteiger partial charge >= 0.3 is 39.5 Å². The van der Waals surface area contributed by atoms with Crippen LogP contribution >= 0.6 is 15.6 Å². The van der Waals surface area contributed by atoms with Crippen LogP contribution in [0.2, 0.25) is 0 Å². The number of esters is 4. The van der Waals surface area contributed by atoms with Crippen LogP contribution in [-0.2, 0) is 65.4 Å². The highest BCUT2D eigenvalue weighted by Gasteiger charge is 2.31. The van der Waals surface area contributed by atoms with Crippen molar-refractivity contribution in [1.82, 2.24) is 0 Å². The van der Waals surface area contributed by atoms with Crippen LogP contribution in [0.15, 0.2) is 0 Å². The van der Waals surface area contributed by atoms with Crippen molar-refractivity contribution in [2.24, 2.45) is 23.7 Å². The number of ether oxygens (including phenoxy) is 4. The summed E-state index contributed by atoms with van der Waals surface area (Å²) < 4.78 is 68.9. The molecule has 0 aliphatic heterocycles. The summed E-state index contributed by atoms with van der Waals surface area (Å²) in [5.74, 6) is 1.05. The van der Waals surface area contributed by atoms with Crippen molar-refractivity contribution in [3.05, 3.63) is 0 Å². The summed E-state index contributed by atoms with van der Waals surface area (Å²) in [6.07, 6.45) is 63.9. The predicted octanol–water partition coefficient (Wildman–Crippen LogP) is 25.9. The Bertz CT molecular complexity index is 2040. The molecule has 0 aromatic carbocycles. The lowest BCUT2D eigenvalue weighted by Gasteiger charge is -2.21. The predicted molar refractivity (Wildman–Crippen MR) is 432 cm³/mol. The van der Waals surface area contributed by atoms with Gasteiger partial charge in [-0.15, -0.1) is 0 Å². The van der Waals surface area contributed by atoms with Gasteiger partial charge in [0, 0.05) is 25.7 Å². The summed E-state index contributed by atoms with van der Waals surface area (Å²) in [7, 11) is -9.93. The fourth-order valence-electron chi connectivity index (χ4n) is 13.3. The molecule has 17 nitrogen and oxygen atoms in total. The summed E-state index contributed by atoms with van der Waals surface area (Å²) in [5, 5.41) is 10.7. The van der Waals surface area contributed by atoms with Crippen molar-refractivity contribution < 1.29 is 80.2 Å². The topological polar surface area (TPSA) is 237 Å². The van der Waals surface area contributed by atoms with E-state index in [-0.39, 0.29) is 25.7 Å². The van der Waals surface area contributed by atoms with E-state index in [2.05, 4.69) is 55.4 Å². The summed E-state index contributed by atoms with van der Waals surface area (Å²) in [5.41, 5.74) is 0. The van der Waals surface area contributed by atoms with Crippen LogP contribution in [0, 0.1) is 23.7 Å². The first-order valence-corrected chi connectivity index (χ1v) is 47.2. The van der Waals surface area contributed by atoms with E-state index in [1.807, 2.05) is 0 Å². The fourth-order valence-corrected chi connectivity index (χ4v) is 14.9. The second kappa shape index (κ2) is 74.8. The number of aliphatic hydroxyl groups excluding tert-OH is 1. The lowest BCUT2D eigenvalue weighted by atomic mass is 9.99. The molecule has 0 heterocycles. The lowest BCUT2D eigenvalue weighted by molar-refractivity contribution is -0.161. The molecule has 0 radical (unpaired) electrons.